The molecule has 256 valence electrons. The first-order valence-corrected chi connectivity index (χ1v) is 17.7. The number of hydrogen-bond acceptors (Lipinski definition) is 11. The van der Waals surface area contributed by atoms with Gasteiger partial charge in [0.05, 0.1) is 6.61 Å². The Morgan fingerprint density at radius 1 is 1.15 bits per heavy atom. The van der Waals surface area contributed by atoms with Crippen LogP contribution >= 0.6 is 23.2 Å². The molecular weight excluding hydrogens is 657 g/mol. The number of hydrogen-bond donors (Lipinski definition) is 4. The zero-order valence-corrected chi connectivity index (χ0v) is 28.9. The molecule has 0 unspecified atom stereocenters. The number of nitrogen functional groups attached to an aromatic ring is 1. The Labute approximate surface area is 281 Å². The second kappa shape index (κ2) is 16.6. The van der Waals surface area contributed by atoms with Gasteiger partial charge >= 0.3 is 0 Å². The third-order valence-electron chi connectivity index (χ3n) is 8.35. The molecule has 0 aliphatic carbocycles. The summed E-state index contributed by atoms with van der Waals surface area (Å²) in [7, 11) is -0.576. The molecule has 14 nitrogen and oxygen atoms in total. The van der Waals surface area contributed by atoms with Gasteiger partial charge in [-0.05, 0) is 44.5 Å². The lowest BCUT2D eigenvalue weighted by Gasteiger charge is -2.47. The van der Waals surface area contributed by atoms with Gasteiger partial charge in [-0.1, -0.05) is 36.2 Å². The minimum atomic E-state index is -3.52. The van der Waals surface area contributed by atoms with Gasteiger partial charge in [0, 0.05) is 76.0 Å². The lowest BCUT2D eigenvalue weighted by atomic mass is 9.97. The molecule has 0 spiro atoms. The zero-order chi connectivity index (χ0) is 33.4. The van der Waals surface area contributed by atoms with Crippen LogP contribution in [0.2, 0.25) is 10.2 Å². The number of aliphatic hydroxyl groups is 1. The minimum absolute atomic E-state index is 0.000809. The van der Waals surface area contributed by atoms with Crippen molar-refractivity contribution in [3.8, 4) is 5.75 Å². The van der Waals surface area contributed by atoms with Gasteiger partial charge in [-0.2, -0.15) is 17.4 Å². The SMILES string of the molecule is CC[C@H]1CN(c2nc(N)c(C(=O)NCCO)nc2Cl)CCN1C1CCN(Cc2ccc(Cl)cc2OCCNS(=O)(=O)N(C)C)CC1. The van der Waals surface area contributed by atoms with Crippen molar-refractivity contribution >= 4 is 51.0 Å². The van der Waals surface area contributed by atoms with Gasteiger partial charge in [0.15, 0.2) is 22.5 Å². The molecule has 0 radical (unpaired) electrons. The molecule has 1 atom stereocenters. The summed E-state index contributed by atoms with van der Waals surface area (Å²) in [6.07, 6.45) is 3.00. The maximum Gasteiger partial charge on any atom is 0.279 e. The normalized spacial score (nSPS) is 18.7. The highest BCUT2D eigenvalue weighted by molar-refractivity contribution is 7.87. The van der Waals surface area contributed by atoms with Gasteiger partial charge < -0.3 is 25.8 Å². The van der Waals surface area contributed by atoms with Crippen molar-refractivity contribution in [1.82, 2.24) is 34.1 Å². The second-order valence-electron chi connectivity index (χ2n) is 11.6. The summed E-state index contributed by atoms with van der Waals surface area (Å²) in [5.41, 5.74) is 7.04. The van der Waals surface area contributed by atoms with Crippen LogP contribution in [0.25, 0.3) is 0 Å². The highest BCUT2D eigenvalue weighted by Crippen LogP contribution is 2.31. The molecule has 2 fully saturated rings. The summed E-state index contributed by atoms with van der Waals surface area (Å²) in [4.78, 5) is 28.1. The Bertz CT molecular complexity index is 1440. The predicted octanol–water partition coefficient (Wildman–Crippen LogP) is 1.43. The zero-order valence-electron chi connectivity index (χ0n) is 26.6. The highest BCUT2D eigenvalue weighted by Gasteiger charge is 2.34. The van der Waals surface area contributed by atoms with E-state index in [-0.39, 0.29) is 49.0 Å². The number of rotatable bonds is 14. The van der Waals surface area contributed by atoms with Crippen LogP contribution in [0, 0.1) is 0 Å². The number of carbonyl (C=O) groups is 1. The molecule has 46 heavy (non-hydrogen) atoms. The van der Waals surface area contributed by atoms with Gasteiger partial charge in [0.1, 0.15) is 12.4 Å². The Balaban J connectivity index is 1.31. The first kappa shape index (κ1) is 36.3. The van der Waals surface area contributed by atoms with Crippen molar-refractivity contribution in [2.24, 2.45) is 0 Å². The number of aliphatic hydroxyl groups excluding tert-OH is 1. The summed E-state index contributed by atoms with van der Waals surface area (Å²) >= 11 is 12.7. The number of likely N-dealkylation sites (tertiary alicyclic amines) is 1. The van der Waals surface area contributed by atoms with Crippen LogP contribution in [0.15, 0.2) is 18.2 Å². The molecule has 2 aliphatic heterocycles. The van der Waals surface area contributed by atoms with E-state index in [0.29, 0.717) is 35.7 Å². The number of amides is 1. The smallest absolute Gasteiger partial charge is 0.279 e. The maximum absolute atomic E-state index is 12.3. The summed E-state index contributed by atoms with van der Waals surface area (Å²) in [5.74, 6) is 0.602. The van der Waals surface area contributed by atoms with E-state index in [1.807, 2.05) is 12.1 Å². The van der Waals surface area contributed by atoms with Crippen molar-refractivity contribution in [2.45, 2.75) is 44.8 Å². The van der Waals surface area contributed by atoms with Crippen molar-refractivity contribution in [1.29, 1.82) is 0 Å². The molecule has 5 N–H and O–H groups in total. The number of ether oxygens (including phenoxy) is 1. The van der Waals surface area contributed by atoms with Crippen LogP contribution < -0.4 is 25.4 Å². The largest absolute Gasteiger partial charge is 0.492 e. The van der Waals surface area contributed by atoms with E-state index in [1.165, 1.54) is 14.1 Å². The Hall–Kier alpha value is -2.50. The average Bonchev–Trinajstić information content (AvgIpc) is 3.04. The maximum atomic E-state index is 12.3. The summed E-state index contributed by atoms with van der Waals surface area (Å²) in [6, 6.07) is 6.32. The number of anilines is 2. The van der Waals surface area contributed by atoms with Crippen molar-refractivity contribution < 1.29 is 23.1 Å². The van der Waals surface area contributed by atoms with Crippen LogP contribution in [-0.2, 0) is 16.8 Å². The van der Waals surface area contributed by atoms with E-state index in [1.54, 1.807) is 6.07 Å². The fourth-order valence-corrected chi connectivity index (χ4v) is 6.86. The monoisotopic (exact) mass is 701 g/mol. The molecule has 1 amide bonds. The molecule has 3 heterocycles. The van der Waals surface area contributed by atoms with Crippen LogP contribution in [0.4, 0.5) is 11.6 Å². The number of aromatic nitrogens is 2. The topological polar surface area (TPSA) is 169 Å². The molecule has 2 saturated heterocycles. The number of carbonyl (C=O) groups excluding carboxylic acids is 1. The first-order valence-electron chi connectivity index (χ1n) is 15.5. The number of nitrogens with two attached hydrogens (primary N) is 1. The van der Waals surface area contributed by atoms with E-state index in [4.69, 9.17) is 38.8 Å². The molecule has 2 aliphatic rings. The molecule has 17 heteroatoms. The van der Waals surface area contributed by atoms with Crippen molar-refractivity contribution in [2.75, 3.05) is 83.8 Å². The quantitative estimate of drug-likeness (QED) is 0.210. The fourth-order valence-electron chi connectivity index (χ4n) is 5.85. The lowest BCUT2D eigenvalue weighted by molar-refractivity contribution is 0.0608. The number of piperazine rings is 1. The van der Waals surface area contributed by atoms with E-state index in [2.05, 4.69) is 41.6 Å². The van der Waals surface area contributed by atoms with Crippen LogP contribution in [0.1, 0.15) is 42.2 Å². The average molecular weight is 703 g/mol. The number of nitrogens with zero attached hydrogens (tertiary/aromatic N) is 6. The number of piperidine rings is 1. The molecular formula is C29H45Cl2N9O5S. The number of halogens is 2. The minimum Gasteiger partial charge on any atom is -0.492 e. The molecule has 0 saturated carbocycles. The Kier molecular flexibility index (Phi) is 13.1. The standard InChI is InChI=1S/C29H45Cl2N9O5S/c1-4-22-19-39(28-26(31)35-25(27(32)36-28)29(42)33-9-15-41)13-14-40(22)23-7-11-38(12-8-23)18-20-5-6-21(30)17-24(20)45-16-10-34-46(43,44)37(2)3/h5-6,17,22-23,34,41H,4,7-16,18-19H2,1-3H3,(H2,32,36)(H,33,42)/t22-/m0/s1. The lowest BCUT2D eigenvalue weighted by Crippen LogP contribution is -2.58. The second-order valence-corrected chi connectivity index (χ2v) is 14.4. The Morgan fingerprint density at radius 3 is 2.57 bits per heavy atom. The predicted molar refractivity (Wildman–Crippen MR) is 180 cm³/mol. The van der Waals surface area contributed by atoms with Gasteiger partial charge in [-0.3, -0.25) is 14.6 Å². The van der Waals surface area contributed by atoms with E-state index >= 15 is 0 Å². The molecule has 4 rings (SSSR count). The fraction of sp³-hybridized carbons (Fsp3) is 0.621. The van der Waals surface area contributed by atoms with Gasteiger partial charge in [-0.25, -0.2) is 9.97 Å². The van der Waals surface area contributed by atoms with Crippen molar-refractivity contribution in [3.05, 3.63) is 39.6 Å². The van der Waals surface area contributed by atoms with Crippen LogP contribution in [0.3, 0.4) is 0 Å². The molecule has 0 bridgehead atoms. The van der Waals surface area contributed by atoms with Crippen LogP contribution in [-0.4, -0.2) is 129 Å². The first-order chi connectivity index (χ1) is 21.9. The van der Waals surface area contributed by atoms with Gasteiger partial charge in [0.25, 0.3) is 16.1 Å². The summed E-state index contributed by atoms with van der Waals surface area (Å²) < 4.78 is 33.5. The number of benzene rings is 1. The number of nitrogens with one attached hydrogen (secondary N) is 2. The van der Waals surface area contributed by atoms with Crippen LogP contribution in [0.5, 0.6) is 5.75 Å². The Morgan fingerprint density at radius 2 is 1.89 bits per heavy atom. The molecule has 1 aromatic heterocycles. The molecule has 2 aromatic rings. The molecule has 1 aromatic carbocycles. The van der Waals surface area contributed by atoms with E-state index < -0.39 is 16.1 Å². The third-order valence-corrected chi connectivity index (χ3v) is 10.4. The van der Waals surface area contributed by atoms with E-state index in [9.17, 15) is 13.2 Å². The summed E-state index contributed by atoms with van der Waals surface area (Å²) in [6.45, 7) is 7.22. The summed E-state index contributed by atoms with van der Waals surface area (Å²) in [5, 5.41) is 12.2. The van der Waals surface area contributed by atoms with Gasteiger partial charge in [0.2, 0.25) is 0 Å². The third kappa shape index (κ3) is 9.31. The van der Waals surface area contributed by atoms with Crippen molar-refractivity contribution in [3.63, 3.8) is 0 Å². The van der Waals surface area contributed by atoms with Gasteiger partial charge in [-0.15, -0.1) is 0 Å². The highest BCUT2D eigenvalue weighted by atomic mass is 35.5. The van der Waals surface area contributed by atoms with E-state index in [0.717, 1.165) is 55.3 Å².